The highest BCUT2D eigenvalue weighted by Gasteiger charge is 2.24. The van der Waals surface area contributed by atoms with Crippen LogP contribution < -0.4 is 11.3 Å². The van der Waals surface area contributed by atoms with E-state index in [9.17, 15) is 8.42 Å². The van der Waals surface area contributed by atoms with Gasteiger partial charge in [0.15, 0.2) is 0 Å². The van der Waals surface area contributed by atoms with Crippen LogP contribution in [0, 0.1) is 0 Å². The van der Waals surface area contributed by atoms with Gasteiger partial charge in [0.2, 0.25) is 10.0 Å². The zero-order valence-electron chi connectivity index (χ0n) is 10.7. The number of halogens is 1. The summed E-state index contributed by atoms with van der Waals surface area (Å²) in [6.45, 7) is 0.317. The molecule has 8 heteroatoms. The van der Waals surface area contributed by atoms with E-state index in [1.807, 2.05) is 11.4 Å². The van der Waals surface area contributed by atoms with E-state index < -0.39 is 10.0 Å². The molecule has 3 N–H and O–H groups in total. The molecule has 0 aliphatic rings. The molecule has 2 rings (SSSR count). The number of rotatable bonds is 5. The number of nitrogen functional groups attached to an aromatic ring is 1. The molecule has 0 saturated heterocycles. The zero-order chi connectivity index (χ0) is 14.8. The molecule has 0 radical (unpaired) electrons. The third kappa shape index (κ3) is 3.21. The highest BCUT2D eigenvalue weighted by atomic mass is 79.9. The predicted molar refractivity (Wildman–Crippen MR) is 84.9 cm³/mol. The molecule has 20 heavy (non-hydrogen) atoms. The van der Waals surface area contributed by atoms with Crippen molar-refractivity contribution < 1.29 is 8.42 Å². The second-order valence-electron chi connectivity index (χ2n) is 4.13. The van der Waals surface area contributed by atoms with E-state index in [0.717, 1.165) is 9.35 Å². The van der Waals surface area contributed by atoms with Gasteiger partial charge in [-0.3, -0.25) is 5.84 Å². The van der Waals surface area contributed by atoms with E-state index in [4.69, 9.17) is 5.84 Å². The number of hydrogen-bond acceptors (Lipinski definition) is 5. The molecule has 1 heterocycles. The summed E-state index contributed by atoms with van der Waals surface area (Å²) in [5, 5.41) is 1.92. The molecule has 0 unspecified atom stereocenters. The van der Waals surface area contributed by atoms with Crippen molar-refractivity contribution in [2.75, 3.05) is 12.5 Å². The maximum atomic E-state index is 12.5. The van der Waals surface area contributed by atoms with Crippen LogP contribution in [-0.4, -0.2) is 19.8 Å². The second kappa shape index (κ2) is 6.23. The van der Waals surface area contributed by atoms with Crippen molar-refractivity contribution in [3.63, 3.8) is 0 Å². The Morgan fingerprint density at radius 3 is 2.70 bits per heavy atom. The molecule has 0 saturated carbocycles. The largest absolute Gasteiger partial charge is 0.323 e. The van der Waals surface area contributed by atoms with Gasteiger partial charge >= 0.3 is 0 Å². The van der Waals surface area contributed by atoms with Gasteiger partial charge in [-0.1, -0.05) is 12.1 Å². The first-order chi connectivity index (χ1) is 9.45. The van der Waals surface area contributed by atoms with Crippen LogP contribution in [-0.2, 0) is 16.6 Å². The molecule has 5 nitrogen and oxygen atoms in total. The van der Waals surface area contributed by atoms with Crippen LogP contribution in [0.2, 0.25) is 0 Å². The summed E-state index contributed by atoms with van der Waals surface area (Å²) in [6.07, 6.45) is 0. The molecule has 0 atom stereocenters. The smallest absolute Gasteiger partial charge is 0.245 e. The van der Waals surface area contributed by atoms with Gasteiger partial charge in [-0.05, 0) is 34.1 Å². The highest BCUT2D eigenvalue weighted by molar-refractivity contribution is 9.10. The Morgan fingerprint density at radius 2 is 2.10 bits per heavy atom. The fourth-order valence-electron chi connectivity index (χ4n) is 1.72. The Hall–Kier alpha value is -0.930. The van der Waals surface area contributed by atoms with Crippen LogP contribution in [0.1, 0.15) is 4.88 Å². The number of thiophene rings is 1. The molecule has 1 aromatic heterocycles. The molecular weight excluding hydrogens is 362 g/mol. The van der Waals surface area contributed by atoms with Crippen LogP contribution in [0.4, 0.5) is 5.69 Å². The summed E-state index contributed by atoms with van der Waals surface area (Å²) in [6, 6.07) is 8.46. The monoisotopic (exact) mass is 375 g/mol. The minimum atomic E-state index is -3.59. The van der Waals surface area contributed by atoms with Crippen LogP contribution >= 0.6 is 27.3 Å². The lowest BCUT2D eigenvalue weighted by Crippen LogP contribution is -2.27. The van der Waals surface area contributed by atoms with Gasteiger partial charge < -0.3 is 5.43 Å². The van der Waals surface area contributed by atoms with Crippen LogP contribution in [0.3, 0.4) is 0 Å². The Bertz CT molecular complexity index is 700. The number of benzene rings is 1. The summed E-state index contributed by atoms with van der Waals surface area (Å²) in [5.74, 6) is 5.37. The standard InChI is InChI=1S/C12H14BrN3O2S2/c1-16(7-10-6-9(13)8-19-10)20(17,18)12-5-3-2-4-11(12)15-14/h2-6,8,15H,7,14H2,1H3. The first-order valence-corrected chi connectivity index (χ1v) is 8.81. The molecule has 108 valence electrons. The van der Waals surface area contributed by atoms with Crippen LogP contribution in [0.15, 0.2) is 45.1 Å². The summed E-state index contributed by atoms with van der Waals surface area (Å²) >= 11 is 4.86. The van der Waals surface area contributed by atoms with Crippen molar-refractivity contribution >= 4 is 43.0 Å². The molecule has 0 amide bonds. The topological polar surface area (TPSA) is 75.4 Å². The molecular formula is C12H14BrN3O2S2. The van der Waals surface area contributed by atoms with Crippen LogP contribution in [0.25, 0.3) is 0 Å². The number of para-hydroxylation sites is 1. The van der Waals surface area contributed by atoms with Gasteiger partial charge in [0.25, 0.3) is 0 Å². The number of nitrogens with two attached hydrogens (primary N) is 1. The minimum absolute atomic E-state index is 0.167. The third-order valence-corrected chi connectivity index (χ3v) is 6.27. The Labute approximate surface area is 130 Å². The predicted octanol–water partition coefficient (Wildman–Crippen LogP) is 2.62. The summed E-state index contributed by atoms with van der Waals surface area (Å²) in [7, 11) is -2.04. The van der Waals surface area contributed by atoms with E-state index in [-0.39, 0.29) is 4.90 Å². The number of hydrogen-bond donors (Lipinski definition) is 2. The molecule has 1 aromatic carbocycles. The lowest BCUT2D eigenvalue weighted by Gasteiger charge is -2.18. The van der Waals surface area contributed by atoms with E-state index >= 15 is 0 Å². The number of anilines is 1. The van der Waals surface area contributed by atoms with Gasteiger partial charge in [-0.15, -0.1) is 11.3 Å². The molecule has 0 aliphatic carbocycles. The van der Waals surface area contributed by atoms with Crippen molar-refractivity contribution in [1.82, 2.24) is 4.31 Å². The lowest BCUT2D eigenvalue weighted by atomic mass is 10.3. The minimum Gasteiger partial charge on any atom is -0.323 e. The maximum absolute atomic E-state index is 12.5. The number of nitrogens with one attached hydrogen (secondary N) is 1. The maximum Gasteiger partial charge on any atom is 0.245 e. The number of sulfonamides is 1. The fraction of sp³-hybridized carbons (Fsp3) is 0.167. The zero-order valence-corrected chi connectivity index (χ0v) is 13.9. The number of hydrazine groups is 1. The molecule has 0 aliphatic heterocycles. The average Bonchev–Trinajstić information content (AvgIpc) is 2.84. The Balaban J connectivity index is 2.29. The molecule has 0 bridgehead atoms. The van der Waals surface area contributed by atoms with Gasteiger partial charge in [-0.2, -0.15) is 4.31 Å². The normalized spacial score (nSPS) is 11.8. The van der Waals surface area contributed by atoms with Crippen molar-refractivity contribution in [3.8, 4) is 0 Å². The first kappa shape index (κ1) is 15.5. The quantitative estimate of drug-likeness (QED) is 0.621. The van der Waals surface area contributed by atoms with Gasteiger partial charge in [0, 0.05) is 28.3 Å². The van der Waals surface area contributed by atoms with E-state index in [1.165, 1.54) is 21.7 Å². The van der Waals surface area contributed by atoms with Crippen molar-refractivity contribution in [2.24, 2.45) is 5.84 Å². The summed E-state index contributed by atoms with van der Waals surface area (Å²) in [5.41, 5.74) is 2.80. The first-order valence-electron chi connectivity index (χ1n) is 5.70. The fourth-order valence-corrected chi connectivity index (χ4v) is 4.61. The molecule has 2 aromatic rings. The molecule has 0 spiro atoms. The SMILES string of the molecule is CN(Cc1cc(Br)cs1)S(=O)(=O)c1ccccc1NN. The van der Waals surface area contributed by atoms with Gasteiger partial charge in [-0.25, -0.2) is 8.42 Å². The summed E-state index contributed by atoms with van der Waals surface area (Å²) < 4.78 is 27.4. The third-order valence-electron chi connectivity index (χ3n) is 2.73. The van der Waals surface area contributed by atoms with E-state index in [2.05, 4.69) is 21.4 Å². The van der Waals surface area contributed by atoms with E-state index in [1.54, 1.807) is 25.2 Å². The van der Waals surface area contributed by atoms with Gasteiger partial charge in [0.05, 0.1) is 5.69 Å². The van der Waals surface area contributed by atoms with Crippen molar-refractivity contribution in [1.29, 1.82) is 0 Å². The average molecular weight is 376 g/mol. The highest BCUT2D eigenvalue weighted by Crippen LogP contribution is 2.26. The lowest BCUT2D eigenvalue weighted by molar-refractivity contribution is 0.470. The Kier molecular flexibility index (Phi) is 4.82. The van der Waals surface area contributed by atoms with Gasteiger partial charge in [0.1, 0.15) is 4.90 Å². The van der Waals surface area contributed by atoms with Crippen molar-refractivity contribution in [3.05, 3.63) is 45.1 Å². The summed E-state index contributed by atoms with van der Waals surface area (Å²) in [4.78, 5) is 1.13. The van der Waals surface area contributed by atoms with Crippen LogP contribution in [0.5, 0.6) is 0 Å². The second-order valence-corrected chi connectivity index (χ2v) is 8.06. The number of nitrogens with zero attached hydrogens (tertiary/aromatic N) is 1. The van der Waals surface area contributed by atoms with E-state index in [0.29, 0.717) is 12.2 Å². The molecule has 0 fully saturated rings. The Morgan fingerprint density at radius 1 is 1.40 bits per heavy atom. The van der Waals surface area contributed by atoms with Crippen molar-refractivity contribution in [2.45, 2.75) is 11.4 Å².